The number of carbonyl (C=O) groups excluding carboxylic acids is 1. The SMILES string of the molecule is Cc1ccc(N=C2C(=O)N(CN3CCC[C@@H](C)C3)c3ccccc32)cc1Cl. The van der Waals surface area contributed by atoms with Crippen LogP contribution in [0.3, 0.4) is 0 Å². The van der Waals surface area contributed by atoms with E-state index >= 15 is 0 Å². The molecule has 2 aromatic rings. The minimum atomic E-state index is -0.0360. The van der Waals surface area contributed by atoms with Gasteiger partial charge in [0.15, 0.2) is 0 Å². The van der Waals surface area contributed by atoms with E-state index in [1.54, 1.807) is 0 Å². The largest absolute Gasteiger partial charge is 0.293 e. The summed E-state index contributed by atoms with van der Waals surface area (Å²) in [5.41, 5.74) is 4.04. The third kappa shape index (κ3) is 3.64. The molecule has 5 heteroatoms. The summed E-state index contributed by atoms with van der Waals surface area (Å²) in [7, 11) is 0. The fourth-order valence-corrected chi connectivity index (χ4v) is 4.08. The maximum Gasteiger partial charge on any atom is 0.278 e. The maximum absolute atomic E-state index is 13.2. The normalized spacial score (nSPS) is 21.7. The fourth-order valence-electron chi connectivity index (χ4n) is 3.91. The van der Waals surface area contributed by atoms with Crippen molar-refractivity contribution >= 4 is 34.6 Å². The van der Waals surface area contributed by atoms with Crippen LogP contribution in [0.15, 0.2) is 47.5 Å². The van der Waals surface area contributed by atoms with Gasteiger partial charge in [-0.05, 0) is 56.0 Å². The van der Waals surface area contributed by atoms with Crippen molar-refractivity contribution in [1.82, 2.24) is 4.90 Å². The van der Waals surface area contributed by atoms with Crippen LogP contribution in [0.1, 0.15) is 30.9 Å². The van der Waals surface area contributed by atoms with Crippen LogP contribution in [-0.2, 0) is 4.79 Å². The highest BCUT2D eigenvalue weighted by Gasteiger charge is 2.35. The number of nitrogens with zero attached hydrogens (tertiary/aromatic N) is 3. The first-order valence-corrected chi connectivity index (χ1v) is 9.89. The van der Waals surface area contributed by atoms with Crippen molar-refractivity contribution in [2.24, 2.45) is 10.9 Å². The van der Waals surface area contributed by atoms with E-state index in [1.165, 1.54) is 12.8 Å². The monoisotopic (exact) mass is 381 g/mol. The Bertz CT molecular complexity index is 908. The number of anilines is 1. The van der Waals surface area contributed by atoms with E-state index in [0.717, 1.165) is 29.9 Å². The molecule has 0 saturated carbocycles. The highest BCUT2D eigenvalue weighted by atomic mass is 35.5. The van der Waals surface area contributed by atoms with Crippen LogP contribution in [0, 0.1) is 12.8 Å². The third-order valence-electron chi connectivity index (χ3n) is 5.38. The molecule has 0 aromatic heterocycles. The molecule has 1 saturated heterocycles. The lowest BCUT2D eigenvalue weighted by atomic mass is 10.0. The molecule has 1 amide bonds. The summed E-state index contributed by atoms with van der Waals surface area (Å²) in [5.74, 6) is 0.640. The van der Waals surface area contributed by atoms with Gasteiger partial charge in [0, 0.05) is 17.1 Å². The summed E-state index contributed by atoms with van der Waals surface area (Å²) in [6.07, 6.45) is 2.45. The van der Waals surface area contributed by atoms with Gasteiger partial charge in [-0.2, -0.15) is 0 Å². The number of aliphatic imine (C=N–C) groups is 1. The quantitative estimate of drug-likeness (QED) is 0.765. The number of carbonyl (C=O) groups is 1. The highest BCUT2D eigenvalue weighted by molar-refractivity contribution is 6.54. The van der Waals surface area contributed by atoms with E-state index in [-0.39, 0.29) is 5.91 Å². The molecule has 2 aliphatic rings. The second kappa shape index (κ2) is 7.45. The van der Waals surface area contributed by atoms with Gasteiger partial charge in [-0.15, -0.1) is 0 Å². The van der Waals surface area contributed by atoms with Crippen molar-refractivity contribution in [3.05, 3.63) is 58.6 Å². The minimum Gasteiger partial charge on any atom is -0.293 e. The van der Waals surface area contributed by atoms with E-state index in [1.807, 2.05) is 54.3 Å². The van der Waals surface area contributed by atoms with Gasteiger partial charge in [-0.25, -0.2) is 4.99 Å². The summed E-state index contributed by atoms with van der Waals surface area (Å²) in [5, 5.41) is 0.662. The maximum atomic E-state index is 13.2. The number of amides is 1. The predicted octanol–water partition coefficient (Wildman–Crippen LogP) is 4.81. The molecule has 0 radical (unpaired) electrons. The van der Waals surface area contributed by atoms with Crippen molar-refractivity contribution in [3.8, 4) is 0 Å². The zero-order chi connectivity index (χ0) is 19.0. The van der Waals surface area contributed by atoms with Gasteiger partial charge < -0.3 is 0 Å². The van der Waals surface area contributed by atoms with E-state index in [0.29, 0.717) is 29.0 Å². The Morgan fingerprint density at radius 1 is 1.22 bits per heavy atom. The average Bonchev–Trinajstić information content (AvgIpc) is 2.91. The molecule has 0 aliphatic carbocycles. The number of likely N-dealkylation sites (tertiary alicyclic amines) is 1. The van der Waals surface area contributed by atoms with Gasteiger partial charge in [0.1, 0.15) is 5.71 Å². The topological polar surface area (TPSA) is 35.9 Å². The Hall–Kier alpha value is -2.17. The Balaban J connectivity index is 1.67. The first kappa shape index (κ1) is 18.2. The Morgan fingerprint density at radius 3 is 2.81 bits per heavy atom. The molecule has 0 spiro atoms. The molecule has 2 heterocycles. The number of halogens is 1. The molecule has 0 unspecified atom stereocenters. The number of fused-ring (bicyclic) bond motifs is 1. The van der Waals surface area contributed by atoms with Crippen LogP contribution in [0.4, 0.5) is 11.4 Å². The van der Waals surface area contributed by atoms with E-state index in [4.69, 9.17) is 11.6 Å². The zero-order valence-electron chi connectivity index (χ0n) is 15.8. The smallest absolute Gasteiger partial charge is 0.278 e. The lowest BCUT2D eigenvalue weighted by Crippen LogP contribution is -2.45. The molecule has 4 nitrogen and oxygen atoms in total. The molecular formula is C22H24ClN3O. The van der Waals surface area contributed by atoms with E-state index in [2.05, 4.69) is 16.8 Å². The van der Waals surface area contributed by atoms with E-state index < -0.39 is 0 Å². The summed E-state index contributed by atoms with van der Waals surface area (Å²) in [6.45, 7) is 6.92. The van der Waals surface area contributed by atoms with Crippen molar-refractivity contribution < 1.29 is 4.79 Å². The zero-order valence-corrected chi connectivity index (χ0v) is 16.5. The predicted molar refractivity (Wildman–Crippen MR) is 111 cm³/mol. The number of aryl methyl sites for hydroxylation is 1. The molecule has 140 valence electrons. The van der Waals surface area contributed by atoms with Gasteiger partial charge in [0.2, 0.25) is 0 Å². The van der Waals surface area contributed by atoms with Crippen LogP contribution < -0.4 is 4.90 Å². The summed E-state index contributed by atoms with van der Waals surface area (Å²) < 4.78 is 0. The van der Waals surface area contributed by atoms with Gasteiger partial charge in [0.05, 0.1) is 18.0 Å². The van der Waals surface area contributed by atoms with Gasteiger partial charge in [0.25, 0.3) is 5.91 Å². The van der Waals surface area contributed by atoms with Crippen LogP contribution in [0.2, 0.25) is 5.02 Å². The highest BCUT2D eigenvalue weighted by Crippen LogP contribution is 2.32. The number of rotatable bonds is 3. The van der Waals surface area contributed by atoms with E-state index in [9.17, 15) is 4.79 Å². The summed E-state index contributed by atoms with van der Waals surface area (Å²) >= 11 is 6.24. The van der Waals surface area contributed by atoms with Crippen molar-refractivity contribution in [2.75, 3.05) is 24.7 Å². The van der Waals surface area contributed by atoms with Gasteiger partial charge in [-0.3, -0.25) is 14.6 Å². The molecule has 4 rings (SSSR count). The Labute approximate surface area is 165 Å². The van der Waals surface area contributed by atoms with Crippen LogP contribution >= 0.6 is 11.6 Å². The number of hydrogen-bond acceptors (Lipinski definition) is 3. The fraction of sp³-hybridized carbons (Fsp3) is 0.364. The van der Waals surface area contributed by atoms with Gasteiger partial charge in [-0.1, -0.05) is 42.8 Å². The molecule has 2 aliphatic heterocycles. The molecule has 1 fully saturated rings. The second-order valence-corrected chi connectivity index (χ2v) is 8.02. The van der Waals surface area contributed by atoms with Crippen molar-refractivity contribution in [3.63, 3.8) is 0 Å². The number of piperidine rings is 1. The van der Waals surface area contributed by atoms with Gasteiger partial charge >= 0.3 is 0 Å². The average molecular weight is 382 g/mol. The summed E-state index contributed by atoms with van der Waals surface area (Å²) in [6, 6.07) is 13.6. The molecule has 27 heavy (non-hydrogen) atoms. The third-order valence-corrected chi connectivity index (χ3v) is 5.78. The summed E-state index contributed by atoms with van der Waals surface area (Å²) in [4.78, 5) is 22.1. The number of benzene rings is 2. The standard InChI is InChI=1S/C22H24ClN3O/c1-15-6-5-11-25(13-15)14-26-20-8-4-3-7-18(20)21(22(26)27)24-17-10-9-16(2)19(23)12-17/h3-4,7-10,12,15H,5-6,11,13-14H2,1-2H3/t15-/m1/s1. The molecule has 1 atom stereocenters. The Kier molecular flexibility index (Phi) is 5.02. The molecule has 0 N–H and O–H groups in total. The van der Waals surface area contributed by atoms with Crippen LogP contribution in [-0.4, -0.2) is 36.3 Å². The van der Waals surface area contributed by atoms with Crippen LogP contribution in [0.5, 0.6) is 0 Å². The minimum absolute atomic E-state index is 0.0360. The lowest BCUT2D eigenvalue weighted by Gasteiger charge is -2.33. The number of para-hydroxylation sites is 1. The number of hydrogen-bond donors (Lipinski definition) is 0. The lowest BCUT2D eigenvalue weighted by molar-refractivity contribution is -0.112. The van der Waals surface area contributed by atoms with Crippen LogP contribution in [0.25, 0.3) is 0 Å². The molecule has 2 aromatic carbocycles. The van der Waals surface area contributed by atoms with Crippen molar-refractivity contribution in [1.29, 1.82) is 0 Å². The Morgan fingerprint density at radius 2 is 2.04 bits per heavy atom. The molecular weight excluding hydrogens is 358 g/mol. The molecule has 0 bridgehead atoms. The second-order valence-electron chi connectivity index (χ2n) is 7.61. The first-order chi connectivity index (χ1) is 13.0. The van der Waals surface area contributed by atoms with Crippen molar-refractivity contribution in [2.45, 2.75) is 26.7 Å². The first-order valence-electron chi connectivity index (χ1n) is 9.51.